The zero-order valence-corrected chi connectivity index (χ0v) is 11.7. The van der Waals surface area contributed by atoms with E-state index in [4.69, 9.17) is 4.74 Å². The summed E-state index contributed by atoms with van der Waals surface area (Å²) in [4.78, 5) is 0. The fourth-order valence-electron chi connectivity index (χ4n) is 2.27. The van der Waals surface area contributed by atoms with Crippen LogP contribution < -0.4 is 10.1 Å². The average molecular weight is 304 g/mol. The molecule has 1 aliphatic heterocycles. The van der Waals surface area contributed by atoms with Crippen molar-refractivity contribution < 1.29 is 4.74 Å². The Bertz CT molecular complexity index is 582. The molecule has 0 saturated carbocycles. The number of halogens is 1. The van der Waals surface area contributed by atoms with Crippen LogP contribution in [0.25, 0.3) is 0 Å². The molecule has 1 unspecified atom stereocenters. The number of nitrogens with one attached hydrogen (secondary N) is 1. The Kier molecular flexibility index (Phi) is 3.00. The van der Waals surface area contributed by atoms with Crippen molar-refractivity contribution in [3.8, 4) is 5.75 Å². The third-order valence-corrected chi connectivity index (χ3v) is 3.73. The molecule has 1 atom stereocenters. The van der Waals surface area contributed by atoms with Gasteiger partial charge in [-0.15, -0.1) is 0 Å². The van der Waals surface area contributed by atoms with Crippen LogP contribution in [0.5, 0.6) is 5.75 Å². The zero-order valence-electron chi connectivity index (χ0n) is 10.1. The lowest BCUT2D eigenvalue weighted by molar-refractivity contribution is 0.286. The minimum atomic E-state index is 0.206. The number of ether oxygens (including phenoxy) is 1. The second-order valence-electron chi connectivity index (χ2n) is 4.50. The molecule has 2 nitrogen and oxygen atoms in total. The van der Waals surface area contributed by atoms with Gasteiger partial charge in [0.25, 0.3) is 0 Å². The van der Waals surface area contributed by atoms with E-state index in [9.17, 15) is 0 Å². The highest BCUT2D eigenvalue weighted by molar-refractivity contribution is 9.10. The number of para-hydroxylation sites is 2. The monoisotopic (exact) mass is 303 g/mol. The maximum absolute atomic E-state index is 5.81. The van der Waals surface area contributed by atoms with Crippen LogP contribution >= 0.6 is 15.9 Å². The molecule has 1 N–H and O–H groups in total. The van der Waals surface area contributed by atoms with Gasteiger partial charge < -0.3 is 10.1 Å². The molecule has 0 radical (unpaired) electrons. The summed E-state index contributed by atoms with van der Waals surface area (Å²) >= 11 is 3.53. The van der Waals surface area contributed by atoms with Crippen molar-refractivity contribution in [2.45, 2.75) is 13.0 Å². The lowest BCUT2D eigenvalue weighted by atomic mass is 10.0. The fourth-order valence-corrected chi connectivity index (χ4v) is 2.65. The summed E-state index contributed by atoms with van der Waals surface area (Å²) in [6, 6.07) is 14.6. The van der Waals surface area contributed by atoms with Crippen LogP contribution in [0.1, 0.15) is 17.2 Å². The first-order valence-corrected chi connectivity index (χ1v) is 6.78. The van der Waals surface area contributed by atoms with Crippen molar-refractivity contribution in [1.82, 2.24) is 0 Å². The first-order chi connectivity index (χ1) is 8.74. The second-order valence-corrected chi connectivity index (χ2v) is 5.42. The van der Waals surface area contributed by atoms with E-state index >= 15 is 0 Å². The predicted octanol–water partition coefficient (Wildman–Crippen LogP) is 4.30. The Hall–Kier alpha value is -1.48. The van der Waals surface area contributed by atoms with E-state index in [1.165, 1.54) is 11.1 Å². The summed E-state index contributed by atoms with van der Waals surface area (Å²) in [6.07, 6.45) is 0. The molecule has 0 aromatic heterocycles. The van der Waals surface area contributed by atoms with Crippen LogP contribution in [0.3, 0.4) is 0 Å². The smallest absolute Gasteiger partial charge is 0.142 e. The highest BCUT2D eigenvalue weighted by Gasteiger charge is 2.21. The Balaban J connectivity index is 1.94. The molecule has 92 valence electrons. The van der Waals surface area contributed by atoms with Crippen LogP contribution in [0.2, 0.25) is 0 Å². The number of aryl methyl sites for hydroxylation is 1. The van der Waals surface area contributed by atoms with Gasteiger partial charge in [0.2, 0.25) is 0 Å². The van der Waals surface area contributed by atoms with Gasteiger partial charge in [-0.1, -0.05) is 34.1 Å². The quantitative estimate of drug-likeness (QED) is 0.848. The minimum absolute atomic E-state index is 0.206. The number of benzene rings is 2. The zero-order chi connectivity index (χ0) is 12.5. The molecule has 0 fully saturated rings. The molecule has 3 heteroatoms. The molecule has 1 heterocycles. The van der Waals surface area contributed by atoms with Gasteiger partial charge in [0.05, 0.1) is 11.7 Å². The van der Waals surface area contributed by atoms with Gasteiger partial charge >= 0.3 is 0 Å². The van der Waals surface area contributed by atoms with E-state index in [0.29, 0.717) is 6.61 Å². The summed E-state index contributed by atoms with van der Waals surface area (Å²) in [5, 5.41) is 3.54. The molecule has 2 aromatic carbocycles. The van der Waals surface area contributed by atoms with Crippen molar-refractivity contribution in [2.24, 2.45) is 0 Å². The summed E-state index contributed by atoms with van der Waals surface area (Å²) in [6.45, 7) is 2.79. The summed E-state index contributed by atoms with van der Waals surface area (Å²) in [5.74, 6) is 0.932. The molecule has 0 aliphatic carbocycles. The molecule has 3 rings (SSSR count). The van der Waals surface area contributed by atoms with E-state index in [1.54, 1.807) is 0 Å². The van der Waals surface area contributed by atoms with Gasteiger partial charge in [-0.25, -0.2) is 0 Å². The Morgan fingerprint density at radius 3 is 2.94 bits per heavy atom. The largest absolute Gasteiger partial charge is 0.489 e. The number of anilines is 1. The minimum Gasteiger partial charge on any atom is -0.489 e. The number of hydrogen-bond donors (Lipinski definition) is 1. The predicted molar refractivity (Wildman–Crippen MR) is 77.2 cm³/mol. The molecule has 0 spiro atoms. The maximum atomic E-state index is 5.81. The standard InChI is InChI=1S/C15H14BrNO/c1-10-6-7-11(16)8-12(10)14-9-18-15-5-3-2-4-13(15)17-14/h2-8,14,17H,9H2,1H3. The normalized spacial score (nSPS) is 17.6. The Morgan fingerprint density at radius 1 is 1.22 bits per heavy atom. The fraction of sp³-hybridized carbons (Fsp3) is 0.200. The van der Waals surface area contributed by atoms with E-state index in [-0.39, 0.29) is 6.04 Å². The molecular weight excluding hydrogens is 290 g/mol. The van der Waals surface area contributed by atoms with Crippen LogP contribution in [-0.2, 0) is 0 Å². The van der Waals surface area contributed by atoms with Gasteiger partial charge in [0, 0.05) is 4.47 Å². The molecule has 2 aromatic rings. The lowest BCUT2D eigenvalue weighted by Gasteiger charge is -2.28. The number of fused-ring (bicyclic) bond motifs is 1. The van der Waals surface area contributed by atoms with Crippen LogP contribution in [-0.4, -0.2) is 6.61 Å². The third kappa shape index (κ3) is 2.10. The molecule has 0 saturated heterocycles. The molecule has 1 aliphatic rings. The average Bonchev–Trinajstić information content (AvgIpc) is 2.41. The Labute approximate surface area is 115 Å². The highest BCUT2D eigenvalue weighted by Crippen LogP contribution is 2.34. The molecular formula is C15H14BrNO. The van der Waals surface area contributed by atoms with Crippen molar-refractivity contribution in [2.75, 3.05) is 11.9 Å². The van der Waals surface area contributed by atoms with Gasteiger partial charge in [-0.2, -0.15) is 0 Å². The van der Waals surface area contributed by atoms with Crippen LogP contribution in [0.15, 0.2) is 46.9 Å². The molecule has 0 bridgehead atoms. The van der Waals surface area contributed by atoms with Crippen LogP contribution in [0.4, 0.5) is 5.69 Å². The first-order valence-electron chi connectivity index (χ1n) is 5.98. The highest BCUT2D eigenvalue weighted by atomic mass is 79.9. The molecule has 18 heavy (non-hydrogen) atoms. The summed E-state index contributed by atoms with van der Waals surface area (Å²) in [5.41, 5.74) is 3.62. The maximum Gasteiger partial charge on any atom is 0.142 e. The summed E-state index contributed by atoms with van der Waals surface area (Å²) in [7, 11) is 0. The SMILES string of the molecule is Cc1ccc(Br)cc1C1COc2ccccc2N1. The van der Waals surface area contributed by atoms with E-state index < -0.39 is 0 Å². The lowest BCUT2D eigenvalue weighted by Crippen LogP contribution is -2.24. The van der Waals surface area contributed by atoms with Gasteiger partial charge in [-0.05, 0) is 42.3 Å². The van der Waals surface area contributed by atoms with Crippen molar-refractivity contribution in [3.63, 3.8) is 0 Å². The van der Waals surface area contributed by atoms with E-state index in [2.05, 4.69) is 52.4 Å². The first kappa shape index (κ1) is 11.6. The van der Waals surface area contributed by atoms with Crippen molar-refractivity contribution >= 4 is 21.6 Å². The third-order valence-electron chi connectivity index (χ3n) is 3.24. The second kappa shape index (κ2) is 4.65. The van der Waals surface area contributed by atoms with E-state index in [1.807, 2.05) is 18.2 Å². The van der Waals surface area contributed by atoms with Gasteiger partial charge in [0.15, 0.2) is 0 Å². The molecule has 0 amide bonds. The van der Waals surface area contributed by atoms with Crippen molar-refractivity contribution in [3.05, 3.63) is 58.1 Å². The Morgan fingerprint density at radius 2 is 2.06 bits per heavy atom. The van der Waals surface area contributed by atoms with Gasteiger partial charge in [-0.3, -0.25) is 0 Å². The van der Waals surface area contributed by atoms with Gasteiger partial charge in [0.1, 0.15) is 12.4 Å². The van der Waals surface area contributed by atoms with Crippen molar-refractivity contribution in [1.29, 1.82) is 0 Å². The topological polar surface area (TPSA) is 21.3 Å². The number of rotatable bonds is 1. The summed E-state index contributed by atoms with van der Waals surface area (Å²) < 4.78 is 6.91. The van der Waals surface area contributed by atoms with Crippen LogP contribution in [0, 0.1) is 6.92 Å². The number of hydrogen-bond acceptors (Lipinski definition) is 2. The van der Waals surface area contributed by atoms with E-state index in [0.717, 1.165) is 15.9 Å².